The van der Waals surface area contributed by atoms with E-state index >= 15 is 0 Å². The molecule has 1 aromatic carbocycles. The molecule has 1 aromatic heterocycles. The predicted octanol–water partition coefficient (Wildman–Crippen LogP) is 3.65. The average Bonchev–Trinajstić information content (AvgIpc) is 3.04. The van der Waals surface area contributed by atoms with E-state index in [1.165, 1.54) is 11.8 Å². The normalized spacial score (nSPS) is 17.7. The van der Waals surface area contributed by atoms with Crippen LogP contribution in [-0.4, -0.2) is 41.3 Å². The van der Waals surface area contributed by atoms with Gasteiger partial charge in [-0.3, -0.25) is 4.52 Å². The summed E-state index contributed by atoms with van der Waals surface area (Å²) in [5, 5.41) is 11.5. The number of rotatable bonds is 9. The Bertz CT molecular complexity index is 1220. The molecule has 1 aliphatic heterocycles. The van der Waals surface area contributed by atoms with Crippen molar-refractivity contribution in [2.75, 3.05) is 12.3 Å². The van der Waals surface area contributed by atoms with Crippen molar-refractivity contribution in [2.24, 2.45) is 0 Å². The lowest BCUT2D eigenvalue weighted by molar-refractivity contribution is 0.180. The van der Waals surface area contributed by atoms with Gasteiger partial charge in [-0.1, -0.05) is 42.1 Å². The largest absolute Gasteiger partial charge is 0.505 e. The molecule has 2 aromatic rings. The summed E-state index contributed by atoms with van der Waals surface area (Å²) in [5.74, 6) is 0.845. The number of hydrogen-bond acceptors (Lipinski definition) is 10. The van der Waals surface area contributed by atoms with Gasteiger partial charge >= 0.3 is 15.6 Å². The van der Waals surface area contributed by atoms with E-state index in [1.54, 1.807) is 44.3 Å². The summed E-state index contributed by atoms with van der Waals surface area (Å²) in [4.78, 5) is 37.8. The van der Waals surface area contributed by atoms with Crippen LogP contribution in [0.2, 0.25) is 0 Å². The number of aliphatic hydroxyl groups is 1. The van der Waals surface area contributed by atoms with Gasteiger partial charge in [-0.05, 0) is 13.8 Å². The second-order valence-corrected chi connectivity index (χ2v) is 11.1. The molecule has 0 aliphatic carbocycles. The van der Waals surface area contributed by atoms with Crippen molar-refractivity contribution >= 4 is 39.0 Å². The Morgan fingerprint density at radius 1 is 1.18 bits per heavy atom. The molecule has 0 radical (unpaired) electrons. The number of phosphoric acid groups is 2. The number of thioether (sulfide) groups is 1. The standard InChI is InChI=1S/C19H24N4O8P2S/c1-12-16(8-9-30-33(28,29)31-32(25,26)27)34-19(17(24)14-6-4-3-5-7-14)23(12)11-15-10-21-13(2)22-18(15)20/h3-7,10,24H,8-9,11H2,1-2H3,(H,28,29)(H2,20,21,22)(H2,25,26,27)/b19-17+. The van der Waals surface area contributed by atoms with Crippen molar-refractivity contribution in [1.82, 2.24) is 14.9 Å². The van der Waals surface area contributed by atoms with E-state index in [2.05, 4.69) is 14.3 Å². The molecule has 0 saturated heterocycles. The van der Waals surface area contributed by atoms with E-state index in [0.717, 1.165) is 5.70 Å². The number of aryl methyl sites for hydroxylation is 1. The fourth-order valence-electron chi connectivity index (χ4n) is 3.08. The number of nitrogens with two attached hydrogens (primary N) is 1. The first kappa shape index (κ1) is 26.4. The second kappa shape index (κ2) is 10.6. The summed E-state index contributed by atoms with van der Waals surface area (Å²) in [5.41, 5.74) is 7.99. The van der Waals surface area contributed by atoms with Crippen LogP contribution >= 0.6 is 27.4 Å². The third-order valence-electron chi connectivity index (χ3n) is 4.66. The Balaban J connectivity index is 1.87. The van der Waals surface area contributed by atoms with E-state index in [0.29, 0.717) is 32.7 Å². The fourth-order valence-corrected chi connectivity index (χ4v) is 5.87. The summed E-state index contributed by atoms with van der Waals surface area (Å²) in [7, 11) is -10.2. The molecule has 3 rings (SSSR count). The quantitative estimate of drug-likeness (QED) is 0.234. The SMILES string of the molecule is CC1=C(CCOP(=O)(O)OP(=O)(O)O)S/C(=C(/O)c2ccccc2)N1Cc1cnc(C)nc1N. The number of phosphoric ester groups is 1. The van der Waals surface area contributed by atoms with Gasteiger partial charge in [-0.25, -0.2) is 19.1 Å². The van der Waals surface area contributed by atoms with E-state index in [1.807, 2.05) is 11.0 Å². The van der Waals surface area contributed by atoms with E-state index < -0.39 is 15.6 Å². The smallest absolute Gasteiger partial charge is 0.481 e. The lowest BCUT2D eigenvalue weighted by Crippen LogP contribution is -2.19. The zero-order valence-corrected chi connectivity index (χ0v) is 20.8. The minimum absolute atomic E-state index is 0.0186. The molecule has 6 N–H and O–H groups in total. The van der Waals surface area contributed by atoms with Crippen molar-refractivity contribution in [3.8, 4) is 0 Å². The summed E-state index contributed by atoms with van der Waals surface area (Å²) in [6.45, 7) is 3.40. The molecular formula is C19H24N4O8P2S. The van der Waals surface area contributed by atoms with Gasteiger partial charge in [0.1, 0.15) is 16.7 Å². The zero-order valence-electron chi connectivity index (χ0n) is 18.2. The maximum absolute atomic E-state index is 11.7. The number of aliphatic hydroxyl groups excluding tert-OH is 1. The van der Waals surface area contributed by atoms with E-state index in [9.17, 15) is 19.1 Å². The van der Waals surface area contributed by atoms with Crippen molar-refractivity contribution in [2.45, 2.75) is 26.8 Å². The molecule has 0 amide bonds. The molecule has 2 heterocycles. The van der Waals surface area contributed by atoms with Crippen LogP contribution in [0, 0.1) is 6.92 Å². The highest BCUT2D eigenvalue weighted by molar-refractivity contribution is 8.07. The number of allylic oxidation sites excluding steroid dienone is 1. The Morgan fingerprint density at radius 2 is 1.85 bits per heavy atom. The van der Waals surface area contributed by atoms with E-state index in [4.69, 9.17) is 20.0 Å². The Labute approximate surface area is 200 Å². The second-order valence-electron chi connectivity index (χ2n) is 7.17. The number of benzene rings is 1. The highest BCUT2D eigenvalue weighted by Gasteiger charge is 2.33. The fraction of sp³-hybridized carbons (Fsp3) is 0.263. The Kier molecular flexibility index (Phi) is 8.22. The van der Waals surface area contributed by atoms with Gasteiger partial charge in [0.05, 0.1) is 13.2 Å². The average molecular weight is 530 g/mol. The number of aromatic nitrogens is 2. The van der Waals surface area contributed by atoms with Crippen LogP contribution < -0.4 is 5.73 Å². The first-order valence-corrected chi connectivity index (χ1v) is 13.7. The van der Waals surface area contributed by atoms with Gasteiger partial charge in [0.15, 0.2) is 5.76 Å². The number of hydrogen-bond donors (Lipinski definition) is 5. The lowest BCUT2D eigenvalue weighted by Gasteiger charge is -2.23. The maximum Gasteiger partial charge on any atom is 0.481 e. The molecule has 184 valence electrons. The first-order valence-electron chi connectivity index (χ1n) is 9.82. The molecule has 0 fully saturated rings. The van der Waals surface area contributed by atoms with Crippen LogP contribution in [-0.2, 0) is 24.5 Å². The Hall–Kier alpha value is -2.21. The molecule has 0 saturated carbocycles. The molecule has 0 spiro atoms. The third-order valence-corrected chi connectivity index (χ3v) is 8.20. The topological polar surface area (TPSA) is 189 Å². The minimum Gasteiger partial charge on any atom is -0.505 e. The van der Waals surface area contributed by atoms with Crippen LogP contribution in [0.5, 0.6) is 0 Å². The Morgan fingerprint density at radius 3 is 2.47 bits per heavy atom. The highest BCUT2D eigenvalue weighted by Crippen LogP contribution is 2.58. The molecule has 1 unspecified atom stereocenters. The summed E-state index contributed by atoms with van der Waals surface area (Å²) < 4.78 is 31.0. The van der Waals surface area contributed by atoms with Crippen molar-refractivity contribution in [3.63, 3.8) is 0 Å². The van der Waals surface area contributed by atoms with Gasteiger partial charge in [0, 0.05) is 34.3 Å². The van der Waals surface area contributed by atoms with Gasteiger partial charge < -0.3 is 30.4 Å². The van der Waals surface area contributed by atoms with Crippen LogP contribution in [0.1, 0.15) is 30.3 Å². The van der Waals surface area contributed by atoms with Crippen LogP contribution in [0.25, 0.3) is 5.76 Å². The maximum atomic E-state index is 11.7. The van der Waals surface area contributed by atoms with Crippen LogP contribution in [0.3, 0.4) is 0 Å². The molecule has 34 heavy (non-hydrogen) atoms. The van der Waals surface area contributed by atoms with Crippen LogP contribution in [0.15, 0.2) is 52.2 Å². The number of anilines is 1. The van der Waals surface area contributed by atoms with Gasteiger partial charge in [0.2, 0.25) is 0 Å². The minimum atomic E-state index is -5.21. The van der Waals surface area contributed by atoms with Gasteiger partial charge in [-0.15, -0.1) is 0 Å². The first-order chi connectivity index (χ1) is 15.9. The number of nitrogens with zero attached hydrogens (tertiary/aromatic N) is 3. The predicted molar refractivity (Wildman–Crippen MR) is 127 cm³/mol. The zero-order chi connectivity index (χ0) is 25.1. The molecule has 1 atom stereocenters. The molecule has 12 nitrogen and oxygen atoms in total. The van der Waals surface area contributed by atoms with Crippen molar-refractivity contribution in [3.05, 3.63) is 69.1 Å². The number of nitrogen functional groups attached to an aromatic ring is 1. The molecule has 1 aliphatic rings. The van der Waals surface area contributed by atoms with Crippen LogP contribution in [0.4, 0.5) is 5.82 Å². The van der Waals surface area contributed by atoms with Crippen molar-refractivity contribution < 1.29 is 37.8 Å². The third kappa shape index (κ3) is 6.91. The summed E-state index contributed by atoms with van der Waals surface area (Å²) >= 11 is 1.23. The molecular weight excluding hydrogens is 506 g/mol. The highest BCUT2D eigenvalue weighted by atomic mass is 32.2. The monoisotopic (exact) mass is 530 g/mol. The molecule has 0 bridgehead atoms. The van der Waals surface area contributed by atoms with Crippen molar-refractivity contribution in [1.29, 1.82) is 0 Å². The van der Waals surface area contributed by atoms with Gasteiger partial charge in [-0.2, -0.15) is 4.31 Å². The lowest BCUT2D eigenvalue weighted by atomic mass is 10.2. The van der Waals surface area contributed by atoms with Gasteiger partial charge in [0.25, 0.3) is 0 Å². The summed E-state index contributed by atoms with van der Waals surface area (Å²) in [6, 6.07) is 8.91. The molecule has 15 heteroatoms. The summed E-state index contributed by atoms with van der Waals surface area (Å²) in [6.07, 6.45) is 1.71. The van der Waals surface area contributed by atoms with E-state index in [-0.39, 0.29) is 25.3 Å².